The minimum Gasteiger partial charge on any atom is -0.494 e. The first-order valence-electron chi connectivity index (χ1n) is 3.99. The van der Waals surface area contributed by atoms with Crippen LogP contribution in [0.1, 0.15) is 5.56 Å². The van der Waals surface area contributed by atoms with Crippen molar-refractivity contribution in [2.24, 2.45) is 0 Å². The minimum atomic E-state index is -0.0335. The van der Waals surface area contributed by atoms with E-state index < -0.39 is 0 Å². The third-order valence-corrected chi connectivity index (χ3v) is 2.38. The summed E-state index contributed by atoms with van der Waals surface area (Å²) < 4.78 is 13.3. The average molecular weight is 309 g/mol. The Labute approximate surface area is 96.7 Å². The lowest BCUT2D eigenvalue weighted by Crippen LogP contribution is -1.96. The van der Waals surface area contributed by atoms with E-state index in [1.807, 2.05) is 22.9 Å². The van der Waals surface area contributed by atoms with Gasteiger partial charge in [0.05, 0.1) is 43.7 Å². The van der Waals surface area contributed by atoms with Crippen molar-refractivity contribution in [1.82, 2.24) is 0 Å². The molecule has 0 saturated carbocycles. The summed E-state index contributed by atoms with van der Waals surface area (Å²) in [7, 11) is 3.15. The van der Waals surface area contributed by atoms with Gasteiger partial charge in [-0.15, -0.1) is 0 Å². The number of halogens is 1. The van der Waals surface area contributed by atoms with Gasteiger partial charge in [-0.1, -0.05) is 0 Å². The van der Waals surface area contributed by atoms with E-state index in [0.717, 1.165) is 11.3 Å². The zero-order valence-corrected chi connectivity index (χ0v) is 10.2. The van der Waals surface area contributed by atoms with E-state index in [-0.39, 0.29) is 6.61 Å². The smallest absolute Gasteiger partial charge is 0.146 e. The van der Waals surface area contributed by atoms with Crippen molar-refractivity contribution in [3.63, 3.8) is 0 Å². The maximum atomic E-state index is 9.01. The summed E-state index contributed by atoms with van der Waals surface area (Å²) in [5, 5.41) is 9.01. The van der Waals surface area contributed by atoms with Gasteiger partial charge in [-0.25, -0.2) is 0 Å². The number of methoxy groups -OCH3 is 2. The summed E-state index contributed by atoms with van der Waals surface area (Å²) >= 11 is 2.00. The molecule has 0 aliphatic rings. The molecule has 1 rings (SSSR count). The standard InChI is InChI=1S/C9H12INO3/c1-13-7-3-6(5-12)4-8(14-2)9(7)11-10/h3-4,11-12H,5H2,1-2H3. The summed E-state index contributed by atoms with van der Waals surface area (Å²) in [6.45, 7) is -0.0335. The van der Waals surface area contributed by atoms with Gasteiger partial charge in [0.2, 0.25) is 0 Å². The zero-order valence-electron chi connectivity index (χ0n) is 8.00. The highest BCUT2D eigenvalue weighted by Gasteiger charge is 2.10. The highest BCUT2D eigenvalue weighted by atomic mass is 127. The Bertz CT molecular complexity index is 292. The molecule has 1 aromatic rings. The fraction of sp³-hybridized carbons (Fsp3) is 0.333. The van der Waals surface area contributed by atoms with E-state index in [9.17, 15) is 0 Å². The van der Waals surface area contributed by atoms with E-state index in [0.29, 0.717) is 11.5 Å². The van der Waals surface area contributed by atoms with Crippen molar-refractivity contribution in [3.05, 3.63) is 17.7 Å². The van der Waals surface area contributed by atoms with E-state index in [1.165, 1.54) is 0 Å². The van der Waals surface area contributed by atoms with Gasteiger partial charge in [0.1, 0.15) is 17.2 Å². The summed E-state index contributed by atoms with van der Waals surface area (Å²) in [5.41, 5.74) is 1.53. The second-order valence-corrected chi connectivity index (χ2v) is 3.17. The highest BCUT2D eigenvalue weighted by Crippen LogP contribution is 2.36. The number of ether oxygens (including phenoxy) is 2. The molecule has 0 atom stereocenters. The Hall–Kier alpha value is -0.690. The third kappa shape index (κ3) is 2.21. The molecule has 0 bridgehead atoms. The molecule has 0 amide bonds. The second kappa shape index (κ2) is 5.26. The third-order valence-electron chi connectivity index (χ3n) is 1.84. The van der Waals surface area contributed by atoms with E-state index in [1.54, 1.807) is 26.4 Å². The number of hydrogen-bond acceptors (Lipinski definition) is 4. The molecule has 14 heavy (non-hydrogen) atoms. The Kier molecular flexibility index (Phi) is 4.27. The summed E-state index contributed by atoms with van der Waals surface area (Å²) in [5.74, 6) is 1.31. The average Bonchev–Trinajstić information content (AvgIpc) is 2.26. The molecule has 78 valence electrons. The number of nitrogens with one attached hydrogen (secondary N) is 1. The molecule has 0 fully saturated rings. The lowest BCUT2D eigenvalue weighted by atomic mass is 10.2. The lowest BCUT2D eigenvalue weighted by Gasteiger charge is -2.13. The molecule has 0 aliphatic carbocycles. The van der Waals surface area contributed by atoms with Gasteiger partial charge in [-0.2, -0.15) is 0 Å². The van der Waals surface area contributed by atoms with Crippen LogP contribution in [0, 0.1) is 0 Å². The van der Waals surface area contributed by atoms with Gasteiger partial charge in [0.15, 0.2) is 0 Å². The van der Waals surface area contributed by atoms with Crippen LogP contribution in [0.25, 0.3) is 0 Å². The predicted octanol–water partition coefficient (Wildman–Crippen LogP) is 1.96. The van der Waals surface area contributed by atoms with Crippen LogP contribution in [0.4, 0.5) is 5.69 Å². The Morgan fingerprint density at radius 2 is 1.79 bits per heavy atom. The fourth-order valence-electron chi connectivity index (χ4n) is 1.15. The first kappa shape index (κ1) is 11.4. The summed E-state index contributed by atoms with van der Waals surface area (Å²) in [6.07, 6.45) is 0. The van der Waals surface area contributed by atoms with Crippen molar-refractivity contribution < 1.29 is 14.6 Å². The summed E-state index contributed by atoms with van der Waals surface area (Å²) in [4.78, 5) is 0. The van der Waals surface area contributed by atoms with Gasteiger partial charge < -0.3 is 18.1 Å². The predicted molar refractivity (Wildman–Crippen MR) is 63.1 cm³/mol. The van der Waals surface area contributed by atoms with Crippen molar-refractivity contribution in [3.8, 4) is 11.5 Å². The molecule has 0 aromatic heterocycles. The number of hydrogen-bond donors (Lipinski definition) is 2. The van der Waals surface area contributed by atoms with Crippen molar-refractivity contribution in [2.45, 2.75) is 6.61 Å². The molecule has 0 heterocycles. The maximum absolute atomic E-state index is 9.01. The molecule has 0 radical (unpaired) electrons. The molecule has 1 aromatic carbocycles. The molecular weight excluding hydrogens is 297 g/mol. The lowest BCUT2D eigenvalue weighted by molar-refractivity contribution is 0.280. The molecule has 0 aliphatic heterocycles. The van der Waals surface area contributed by atoms with E-state index in [2.05, 4.69) is 3.53 Å². The molecule has 2 N–H and O–H groups in total. The van der Waals surface area contributed by atoms with Crippen LogP contribution in [-0.2, 0) is 6.61 Å². The van der Waals surface area contributed by atoms with Crippen molar-refractivity contribution in [2.75, 3.05) is 17.7 Å². The molecule has 0 spiro atoms. The quantitative estimate of drug-likeness (QED) is 0.659. The number of anilines is 1. The zero-order chi connectivity index (χ0) is 10.6. The van der Waals surface area contributed by atoms with E-state index in [4.69, 9.17) is 14.6 Å². The number of aliphatic hydroxyl groups excluding tert-OH is 1. The topological polar surface area (TPSA) is 50.7 Å². The van der Waals surface area contributed by atoms with E-state index >= 15 is 0 Å². The Balaban J connectivity index is 3.24. The Morgan fingerprint density at radius 1 is 1.29 bits per heavy atom. The first-order chi connectivity index (χ1) is 6.76. The molecule has 5 heteroatoms. The van der Waals surface area contributed by atoms with Gasteiger partial charge in [-0.05, 0) is 17.7 Å². The van der Waals surface area contributed by atoms with Gasteiger partial charge in [-0.3, -0.25) is 0 Å². The minimum absolute atomic E-state index is 0.0335. The Morgan fingerprint density at radius 3 is 2.07 bits per heavy atom. The fourth-order valence-corrected chi connectivity index (χ4v) is 1.68. The van der Waals surface area contributed by atoms with Gasteiger partial charge >= 0.3 is 0 Å². The van der Waals surface area contributed by atoms with Crippen LogP contribution in [0.15, 0.2) is 12.1 Å². The monoisotopic (exact) mass is 309 g/mol. The van der Waals surface area contributed by atoms with Crippen LogP contribution >= 0.6 is 22.9 Å². The largest absolute Gasteiger partial charge is 0.494 e. The number of benzene rings is 1. The first-order valence-corrected chi connectivity index (χ1v) is 5.07. The number of aliphatic hydroxyl groups is 1. The number of rotatable bonds is 4. The normalized spacial score (nSPS) is 9.71. The van der Waals surface area contributed by atoms with Crippen molar-refractivity contribution >= 4 is 28.6 Å². The van der Waals surface area contributed by atoms with Crippen LogP contribution in [-0.4, -0.2) is 19.3 Å². The highest BCUT2D eigenvalue weighted by molar-refractivity contribution is 14.1. The summed E-state index contributed by atoms with van der Waals surface area (Å²) in [6, 6.07) is 3.53. The molecule has 4 nitrogen and oxygen atoms in total. The van der Waals surface area contributed by atoms with Crippen LogP contribution in [0.5, 0.6) is 11.5 Å². The van der Waals surface area contributed by atoms with Crippen LogP contribution in [0.2, 0.25) is 0 Å². The molecular formula is C9H12INO3. The van der Waals surface area contributed by atoms with Crippen LogP contribution in [0.3, 0.4) is 0 Å². The molecule has 0 saturated heterocycles. The van der Waals surface area contributed by atoms with Crippen molar-refractivity contribution in [1.29, 1.82) is 0 Å². The SMILES string of the molecule is COc1cc(CO)cc(OC)c1NI. The van der Waals surface area contributed by atoms with Gasteiger partial charge in [0, 0.05) is 0 Å². The van der Waals surface area contributed by atoms with Crippen LogP contribution < -0.4 is 13.0 Å². The maximum Gasteiger partial charge on any atom is 0.146 e. The van der Waals surface area contributed by atoms with Gasteiger partial charge in [0.25, 0.3) is 0 Å². The molecule has 0 unspecified atom stereocenters. The second-order valence-electron chi connectivity index (χ2n) is 2.63.